The highest BCUT2D eigenvalue weighted by Gasteiger charge is 2.27. The number of carbonyl (C=O) groups excluding carboxylic acids is 2. The van der Waals surface area contributed by atoms with Gasteiger partial charge in [0, 0.05) is 12.8 Å². The second-order valence-corrected chi connectivity index (χ2v) is 20.8. The van der Waals surface area contributed by atoms with Crippen LogP contribution in [0.15, 0.2) is 0 Å². The predicted molar refractivity (Wildman–Crippen MR) is 238 cm³/mol. The van der Waals surface area contributed by atoms with Crippen molar-refractivity contribution in [2.75, 3.05) is 33.4 Å². The quantitative estimate of drug-likeness (QED) is 0.0283. The van der Waals surface area contributed by atoms with Gasteiger partial charge in [0.25, 0.3) is 0 Å². The molecule has 0 aromatic heterocycles. The summed E-state index contributed by atoms with van der Waals surface area (Å²) in [5.74, 6) is 3.96. The standard InChI is InChI=1S/C47H92NO8P/c1-37(2)19-13-21-39(5)23-15-25-41(7)27-17-29-43(9)33-46(49)53-35-45(36-55-57(51,52)54-32-31-48(11)12)56-47(50)34-44(10)30-18-28-42(8)26-16-24-40(6)22-14-20-38(3)4/h37-45H,11,13-36H2,1-10,12H3/p+1/t39?,40?,41?,42?,43?,44?,45-/m1/s1. The zero-order valence-electron chi connectivity index (χ0n) is 39.1. The third-order valence-electron chi connectivity index (χ3n) is 11.4. The van der Waals surface area contributed by atoms with Crippen LogP contribution in [0, 0.1) is 47.3 Å². The summed E-state index contributed by atoms with van der Waals surface area (Å²) < 4.78 is 35.5. The van der Waals surface area contributed by atoms with E-state index in [1.54, 1.807) is 11.6 Å². The molecule has 0 amide bonds. The van der Waals surface area contributed by atoms with Gasteiger partial charge in [-0.05, 0) is 47.3 Å². The molecule has 0 aliphatic carbocycles. The molecule has 0 heterocycles. The summed E-state index contributed by atoms with van der Waals surface area (Å²) in [6, 6.07) is 0. The van der Waals surface area contributed by atoms with E-state index in [-0.39, 0.29) is 43.9 Å². The zero-order chi connectivity index (χ0) is 43.2. The SMILES string of the molecule is C=[N+](C)CCOP(=O)(O)OC[C@@H](COC(=O)CC(C)CCCC(C)CCCC(C)CCCC(C)C)OC(=O)CC(C)CCCC(C)CCCC(C)CCCC(C)C. The van der Waals surface area contributed by atoms with E-state index in [0.29, 0.717) is 18.4 Å². The second kappa shape index (κ2) is 33.4. The Balaban J connectivity index is 4.76. The Morgan fingerprint density at radius 3 is 1.26 bits per heavy atom. The number of phosphoric acid groups is 1. The molecule has 0 bridgehead atoms. The third-order valence-corrected chi connectivity index (χ3v) is 12.4. The highest BCUT2D eigenvalue weighted by molar-refractivity contribution is 7.47. The number of likely N-dealkylation sites (N-methyl/N-ethyl adjacent to an activating group) is 1. The van der Waals surface area contributed by atoms with Gasteiger partial charge < -0.3 is 14.4 Å². The minimum atomic E-state index is -4.42. The molecule has 0 saturated carbocycles. The summed E-state index contributed by atoms with van der Waals surface area (Å²) in [7, 11) is -2.70. The normalized spacial score (nSPS) is 16.7. The summed E-state index contributed by atoms with van der Waals surface area (Å²) in [5, 5.41) is 0. The Hall–Kier alpha value is -1.28. The van der Waals surface area contributed by atoms with E-state index >= 15 is 0 Å². The van der Waals surface area contributed by atoms with E-state index < -0.39 is 26.5 Å². The van der Waals surface area contributed by atoms with E-state index in [1.165, 1.54) is 77.0 Å². The number of hydrogen-bond acceptors (Lipinski definition) is 7. The van der Waals surface area contributed by atoms with Crippen molar-refractivity contribution in [3.8, 4) is 0 Å². The van der Waals surface area contributed by atoms with Crippen molar-refractivity contribution in [2.45, 2.75) is 204 Å². The van der Waals surface area contributed by atoms with Crippen LogP contribution in [0.4, 0.5) is 0 Å². The molecule has 1 N–H and O–H groups in total. The molecule has 0 rings (SSSR count). The molecule has 8 atom stereocenters. The Kier molecular flexibility index (Phi) is 32.7. The lowest BCUT2D eigenvalue weighted by Gasteiger charge is -2.21. The first-order chi connectivity index (χ1) is 26.8. The average molecular weight is 831 g/mol. The molecule has 10 heteroatoms. The van der Waals surface area contributed by atoms with Gasteiger partial charge in [-0.15, -0.1) is 0 Å². The molecule has 7 unspecified atom stereocenters. The molecule has 57 heavy (non-hydrogen) atoms. The monoisotopic (exact) mass is 831 g/mol. The number of carbonyl (C=O) groups is 2. The van der Waals surface area contributed by atoms with Crippen LogP contribution >= 0.6 is 7.82 Å². The van der Waals surface area contributed by atoms with Crippen molar-refractivity contribution < 1.29 is 42.1 Å². The Morgan fingerprint density at radius 1 is 0.544 bits per heavy atom. The van der Waals surface area contributed by atoms with Crippen LogP contribution in [0.2, 0.25) is 0 Å². The smallest absolute Gasteiger partial charge is 0.462 e. The van der Waals surface area contributed by atoms with Crippen molar-refractivity contribution in [2.24, 2.45) is 47.3 Å². The maximum absolute atomic E-state index is 13.0. The molecule has 9 nitrogen and oxygen atoms in total. The van der Waals surface area contributed by atoms with Crippen molar-refractivity contribution >= 4 is 26.5 Å². The molecule has 0 aromatic carbocycles. The van der Waals surface area contributed by atoms with Crippen LogP contribution in [0.25, 0.3) is 0 Å². The van der Waals surface area contributed by atoms with Crippen LogP contribution in [0.1, 0.15) is 198 Å². The van der Waals surface area contributed by atoms with Crippen molar-refractivity contribution in [3.05, 3.63) is 0 Å². The number of phosphoric ester groups is 1. The second-order valence-electron chi connectivity index (χ2n) is 19.4. The molecule has 0 aliphatic heterocycles. The van der Waals surface area contributed by atoms with Crippen molar-refractivity contribution in [3.63, 3.8) is 0 Å². The summed E-state index contributed by atoms with van der Waals surface area (Å²) in [6.07, 6.45) is 21.3. The fourth-order valence-corrected chi connectivity index (χ4v) is 8.22. The van der Waals surface area contributed by atoms with Gasteiger partial charge in [0.1, 0.15) is 27.0 Å². The molecule has 0 radical (unpaired) electrons. The molecule has 338 valence electrons. The summed E-state index contributed by atoms with van der Waals surface area (Å²) in [5.41, 5.74) is 0. The number of nitrogens with zero attached hydrogens (tertiary/aromatic N) is 1. The Labute approximate surface area is 352 Å². The topological polar surface area (TPSA) is 111 Å². The Bertz CT molecular complexity index is 1080. The number of rotatable bonds is 38. The minimum Gasteiger partial charge on any atom is -0.462 e. The van der Waals surface area contributed by atoms with E-state index in [4.69, 9.17) is 18.5 Å². The van der Waals surface area contributed by atoms with Gasteiger partial charge in [-0.2, -0.15) is 0 Å². The van der Waals surface area contributed by atoms with Crippen LogP contribution in [-0.4, -0.2) is 67.6 Å². The van der Waals surface area contributed by atoms with E-state index in [1.807, 2.05) is 6.92 Å². The largest absolute Gasteiger partial charge is 0.472 e. The molecule has 0 aliphatic rings. The molecular formula is C47H93NO8P+. The molecule has 0 fully saturated rings. The van der Waals surface area contributed by atoms with Gasteiger partial charge in [-0.1, -0.05) is 185 Å². The highest BCUT2D eigenvalue weighted by Crippen LogP contribution is 2.43. The number of ether oxygens (including phenoxy) is 2. The van der Waals surface area contributed by atoms with Gasteiger partial charge in [0.15, 0.2) is 12.6 Å². The minimum absolute atomic E-state index is 0.0602. The lowest BCUT2D eigenvalue weighted by Crippen LogP contribution is -2.30. The van der Waals surface area contributed by atoms with Crippen LogP contribution in [0.5, 0.6) is 0 Å². The van der Waals surface area contributed by atoms with Gasteiger partial charge in [-0.3, -0.25) is 18.6 Å². The fraction of sp³-hybridized carbons (Fsp3) is 0.936. The van der Waals surface area contributed by atoms with Gasteiger partial charge in [0.2, 0.25) is 0 Å². The molecule has 0 saturated heterocycles. The first-order valence-corrected chi connectivity index (χ1v) is 24.8. The Morgan fingerprint density at radius 2 is 0.895 bits per heavy atom. The van der Waals surface area contributed by atoms with Crippen LogP contribution in [0.3, 0.4) is 0 Å². The fourth-order valence-electron chi connectivity index (χ4n) is 7.48. The lowest BCUT2D eigenvalue weighted by molar-refractivity contribution is -0.490. The van der Waals surface area contributed by atoms with Gasteiger partial charge >= 0.3 is 19.8 Å². The number of hydrogen-bond donors (Lipinski definition) is 1. The van der Waals surface area contributed by atoms with E-state index in [2.05, 4.69) is 69.0 Å². The predicted octanol–water partition coefficient (Wildman–Crippen LogP) is 12.8. The average Bonchev–Trinajstić information content (AvgIpc) is 3.08. The maximum atomic E-state index is 13.0. The van der Waals surface area contributed by atoms with Crippen LogP contribution in [-0.2, 0) is 32.7 Å². The van der Waals surface area contributed by atoms with E-state index in [9.17, 15) is 19.0 Å². The van der Waals surface area contributed by atoms with Crippen LogP contribution < -0.4 is 0 Å². The van der Waals surface area contributed by atoms with E-state index in [0.717, 1.165) is 62.2 Å². The highest BCUT2D eigenvalue weighted by atomic mass is 31.2. The van der Waals surface area contributed by atoms with Gasteiger partial charge in [0.05, 0.1) is 6.61 Å². The summed E-state index contributed by atoms with van der Waals surface area (Å²) >= 11 is 0. The van der Waals surface area contributed by atoms with Gasteiger partial charge in [-0.25, -0.2) is 9.14 Å². The first kappa shape index (κ1) is 55.7. The lowest BCUT2D eigenvalue weighted by atomic mass is 9.91. The molecule has 0 aromatic rings. The first-order valence-electron chi connectivity index (χ1n) is 23.3. The summed E-state index contributed by atoms with van der Waals surface area (Å²) in [6.45, 7) is 26.0. The zero-order valence-corrected chi connectivity index (χ0v) is 40.0. The van der Waals surface area contributed by atoms with Crippen molar-refractivity contribution in [1.29, 1.82) is 0 Å². The molecule has 0 spiro atoms. The molecular weight excluding hydrogens is 737 g/mol. The van der Waals surface area contributed by atoms with Crippen molar-refractivity contribution in [1.82, 2.24) is 0 Å². The number of esters is 2. The maximum Gasteiger partial charge on any atom is 0.472 e. The third kappa shape index (κ3) is 36.3. The summed E-state index contributed by atoms with van der Waals surface area (Å²) in [4.78, 5) is 36.0.